The normalized spacial score (nSPS) is 21.7. The molecule has 0 saturated heterocycles. The van der Waals surface area contributed by atoms with Crippen molar-refractivity contribution in [1.82, 2.24) is 40.5 Å². The molecule has 9 nitrogen and oxygen atoms in total. The van der Waals surface area contributed by atoms with Gasteiger partial charge in [-0.15, -0.1) is 5.10 Å². The molecule has 4 rings (SSSR count). The molecule has 0 bridgehead atoms. The molecule has 3 aromatic rings. The molecule has 0 saturated carbocycles. The first-order valence-electron chi connectivity index (χ1n) is 10.4. The van der Waals surface area contributed by atoms with Crippen molar-refractivity contribution in [1.29, 1.82) is 0 Å². The Bertz CT molecular complexity index is 990. The van der Waals surface area contributed by atoms with Crippen LogP contribution in [0.1, 0.15) is 33.0 Å². The molecule has 2 N–H and O–H groups in total. The van der Waals surface area contributed by atoms with Crippen molar-refractivity contribution in [2.75, 3.05) is 6.54 Å². The van der Waals surface area contributed by atoms with Crippen LogP contribution in [0.3, 0.4) is 0 Å². The van der Waals surface area contributed by atoms with E-state index in [0.29, 0.717) is 30.2 Å². The van der Waals surface area contributed by atoms with Crippen LogP contribution in [0.4, 0.5) is 0 Å². The zero-order valence-electron chi connectivity index (χ0n) is 17.6. The van der Waals surface area contributed by atoms with Gasteiger partial charge in [0.2, 0.25) is 5.91 Å². The second-order valence-corrected chi connectivity index (χ2v) is 8.51. The van der Waals surface area contributed by atoms with Crippen molar-refractivity contribution in [3.63, 3.8) is 0 Å². The van der Waals surface area contributed by atoms with Gasteiger partial charge in [0.25, 0.3) is 0 Å². The van der Waals surface area contributed by atoms with E-state index in [9.17, 15) is 4.79 Å². The second-order valence-electron chi connectivity index (χ2n) is 8.51. The van der Waals surface area contributed by atoms with E-state index >= 15 is 0 Å². The van der Waals surface area contributed by atoms with Gasteiger partial charge < -0.3 is 10.3 Å². The molecule has 0 aromatic carbocycles. The number of carbonyl (C=O) groups is 1. The molecule has 9 heteroatoms. The first-order chi connectivity index (χ1) is 14.5. The Morgan fingerprint density at radius 3 is 3.00 bits per heavy atom. The smallest absolute Gasteiger partial charge is 0.241 e. The molecule has 3 aromatic heterocycles. The van der Waals surface area contributed by atoms with Crippen LogP contribution in [0, 0.1) is 23.7 Å². The molecule has 0 unspecified atom stereocenters. The lowest BCUT2D eigenvalue weighted by Crippen LogP contribution is -2.38. The van der Waals surface area contributed by atoms with Gasteiger partial charge in [-0.3, -0.25) is 9.78 Å². The van der Waals surface area contributed by atoms with Crippen molar-refractivity contribution in [3.8, 4) is 0 Å². The Hall–Kier alpha value is -3.10. The standard InChI is InChI=1S/C21H28N8O/c1-13(2)17-7-15(8-20-25-18-4-5-22-10-19(18)26-20)14(3)6-16(17)9-23-21(30)11-29-12-24-27-28-29/h4-6,10,12-13,15-17H,7-9,11H2,1-3H3,(H,23,30)(H,25,26)/t15-,16-,17-/m0/s1. The van der Waals surface area contributed by atoms with E-state index < -0.39 is 0 Å². The van der Waals surface area contributed by atoms with Gasteiger partial charge in [-0.1, -0.05) is 25.5 Å². The zero-order valence-corrected chi connectivity index (χ0v) is 17.6. The van der Waals surface area contributed by atoms with E-state index in [0.717, 1.165) is 29.7 Å². The van der Waals surface area contributed by atoms with E-state index in [4.69, 9.17) is 4.98 Å². The highest BCUT2D eigenvalue weighted by molar-refractivity contribution is 5.75. The fourth-order valence-electron chi connectivity index (χ4n) is 4.43. The zero-order chi connectivity index (χ0) is 21.1. The predicted octanol–water partition coefficient (Wildman–Crippen LogP) is 2.16. The quantitative estimate of drug-likeness (QED) is 0.579. The van der Waals surface area contributed by atoms with Crippen LogP contribution < -0.4 is 5.32 Å². The number of carbonyl (C=O) groups excluding carboxylic acids is 1. The number of amides is 1. The number of aromatic amines is 1. The Balaban J connectivity index is 1.42. The number of rotatable bonds is 7. The van der Waals surface area contributed by atoms with E-state index in [1.54, 1.807) is 6.20 Å². The summed E-state index contributed by atoms with van der Waals surface area (Å²) >= 11 is 0. The summed E-state index contributed by atoms with van der Waals surface area (Å²) in [6, 6.07) is 1.93. The fraction of sp³-hybridized carbons (Fsp3) is 0.524. The van der Waals surface area contributed by atoms with Crippen molar-refractivity contribution < 1.29 is 4.79 Å². The molecule has 158 valence electrons. The maximum Gasteiger partial charge on any atom is 0.241 e. The molecule has 0 radical (unpaired) electrons. The Kier molecular flexibility index (Phi) is 5.87. The topological polar surface area (TPSA) is 114 Å². The summed E-state index contributed by atoms with van der Waals surface area (Å²) in [7, 11) is 0. The average molecular weight is 409 g/mol. The number of nitrogens with one attached hydrogen (secondary N) is 2. The third-order valence-electron chi connectivity index (χ3n) is 6.09. The largest absolute Gasteiger partial charge is 0.354 e. The average Bonchev–Trinajstić information content (AvgIpc) is 3.36. The molecule has 3 atom stereocenters. The molecule has 1 amide bonds. The number of H-pyrrole nitrogens is 1. The summed E-state index contributed by atoms with van der Waals surface area (Å²) in [5, 5.41) is 13.9. The molecule has 30 heavy (non-hydrogen) atoms. The minimum atomic E-state index is -0.0751. The number of fused-ring (bicyclic) bond motifs is 1. The Morgan fingerprint density at radius 2 is 2.27 bits per heavy atom. The third-order valence-corrected chi connectivity index (χ3v) is 6.09. The van der Waals surface area contributed by atoms with Gasteiger partial charge in [-0.2, -0.15) is 0 Å². The lowest BCUT2D eigenvalue weighted by molar-refractivity contribution is -0.122. The fourth-order valence-corrected chi connectivity index (χ4v) is 4.43. The molecule has 1 aliphatic carbocycles. The van der Waals surface area contributed by atoms with E-state index in [1.165, 1.54) is 16.6 Å². The highest BCUT2D eigenvalue weighted by Crippen LogP contribution is 2.38. The van der Waals surface area contributed by atoms with Gasteiger partial charge >= 0.3 is 0 Å². The Morgan fingerprint density at radius 1 is 1.40 bits per heavy atom. The Labute approximate surface area is 175 Å². The van der Waals surface area contributed by atoms with E-state index in [1.807, 2.05) is 12.3 Å². The number of nitrogens with zero attached hydrogens (tertiary/aromatic N) is 6. The van der Waals surface area contributed by atoms with Crippen molar-refractivity contribution in [2.24, 2.45) is 23.7 Å². The molecular weight excluding hydrogens is 380 g/mol. The van der Waals surface area contributed by atoms with Crippen molar-refractivity contribution in [2.45, 2.75) is 40.2 Å². The lowest BCUT2D eigenvalue weighted by atomic mass is 9.70. The van der Waals surface area contributed by atoms with Crippen LogP contribution in [-0.4, -0.2) is 47.6 Å². The maximum atomic E-state index is 12.2. The summed E-state index contributed by atoms with van der Waals surface area (Å²) in [6.07, 6.45) is 9.36. The minimum Gasteiger partial charge on any atom is -0.354 e. The van der Waals surface area contributed by atoms with Gasteiger partial charge in [0.1, 0.15) is 18.7 Å². The van der Waals surface area contributed by atoms with Crippen LogP contribution in [0.25, 0.3) is 11.0 Å². The van der Waals surface area contributed by atoms with Gasteiger partial charge in [0.15, 0.2) is 0 Å². The summed E-state index contributed by atoms with van der Waals surface area (Å²) in [6.45, 7) is 7.49. The molecular formula is C21H28N8O. The number of hydrogen-bond donors (Lipinski definition) is 2. The molecule has 0 fully saturated rings. The minimum absolute atomic E-state index is 0.0751. The second kappa shape index (κ2) is 8.73. The number of aromatic nitrogens is 7. The van der Waals surface area contributed by atoms with Gasteiger partial charge in [-0.25, -0.2) is 9.67 Å². The summed E-state index contributed by atoms with van der Waals surface area (Å²) in [4.78, 5) is 24.5. The maximum absolute atomic E-state index is 12.2. The molecule has 0 aliphatic heterocycles. The highest BCUT2D eigenvalue weighted by atomic mass is 16.2. The first-order valence-corrected chi connectivity index (χ1v) is 10.4. The van der Waals surface area contributed by atoms with Crippen LogP contribution in [0.2, 0.25) is 0 Å². The molecule has 0 spiro atoms. The van der Waals surface area contributed by atoms with Gasteiger partial charge in [-0.05, 0) is 53.5 Å². The third kappa shape index (κ3) is 4.55. The number of hydrogen-bond acceptors (Lipinski definition) is 6. The summed E-state index contributed by atoms with van der Waals surface area (Å²) in [5.41, 5.74) is 3.31. The van der Waals surface area contributed by atoms with Crippen molar-refractivity contribution >= 4 is 16.9 Å². The summed E-state index contributed by atoms with van der Waals surface area (Å²) < 4.78 is 1.43. The first kappa shape index (κ1) is 20.2. The molecule has 3 heterocycles. The number of imidazole rings is 1. The molecule has 1 aliphatic rings. The van der Waals surface area contributed by atoms with E-state index in [2.05, 4.69) is 57.7 Å². The van der Waals surface area contributed by atoms with Gasteiger partial charge in [0, 0.05) is 19.2 Å². The van der Waals surface area contributed by atoms with Gasteiger partial charge in [0.05, 0.1) is 17.2 Å². The monoisotopic (exact) mass is 408 g/mol. The number of allylic oxidation sites excluding steroid dienone is 1. The van der Waals surface area contributed by atoms with Crippen LogP contribution in [0.15, 0.2) is 36.4 Å². The predicted molar refractivity (Wildman–Crippen MR) is 112 cm³/mol. The number of pyridine rings is 1. The highest BCUT2D eigenvalue weighted by Gasteiger charge is 2.32. The lowest BCUT2D eigenvalue weighted by Gasteiger charge is -2.37. The summed E-state index contributed by atoms with van der Waals surface area (Å²) in [5.74, 6) is 2.72. The van der Waals surface area contributed by atoms with E-state index in [-0.39, 0.29) is 12.5 Å². The SMILES string of the molecule is CC1=C[C@@H](CNC(=O)Cn2cnnn2)[C@H](C(C)C)C[C@H]1Cc1nc2ccncc2[nH]1. The van der Waals surface area contributed by atoms with Crippen LogP contribution in [0.5, 0.6) is 0 Å². The van der Waals surface area contributed by atoms with Crippen molar-refractivity contribution in [3.05, 3.63) is 42.3 Å². The number of tetrazole rings is 1. The van der Waals surface area contributed by atoms with Crippen LogP contribution in [-0.2, 0) is 17.8 Å². The van der Waals surface area contributed by atoms with Crippen LogP contribution >= 0.6 is 0 Å².